The lowest BCUT2D eigenvalue weighted by molar-refractivity contribution is 0.634. The van der Waals surface area contributed by atoms with E-state index in [9.17, 15) is 14.0 Å². The highest BCUT2D eigenvalue weighted by Gasteiger charge is 2.28. The van der Waals surface area contributed by atoms with E-state index in [4.69, 9.17) is 5.73 Å². The minimum absolute atomic E-state index is 0.00790. The van der Waals surface area contributed by atoms with Gasteiger partial charge in [0.05, 0.1) is 11.2 Å². The number of nitrogens with zero attached hydrogens (tertiary/aromatic N) is 1. The molecule has 2 aromatic heterocycles. The maximum absolute atomic E-state index is 13.6. The summed E-state index contributed by atoms with van der Waals surface area (Å²) in [6, 6.07) is 2.85. The van der Waals surface area contributed by atoms with Crippen molar-refractivity contribution in [2.24, 2.45) is 0 Å². The molecule has 3 N–H and O–H groups in total. The molecular weight excluding hydrogens is 281 g/mol. The Kier molecular flexibility index (Phi) is 2.15. The Balaban J connectivity index is 2.34. The van der Waals surface area contributed by atoms with Crippen LogP contribution in [0.3, 0.4) is 0 Å². The van der Waals surface area contributed by atoms with E-state index < -0.39 is 16.8 Å². The fraction of sp³-hybridized carbons (Fsp3) is 0.231. The molecule has 4 rings (SSSR count). The standard InChI is InChI=1S/C13H10FN3O2S/c14-7-3-6-9(4-8(7)15)17(5-1-2-5)13-10(11(6)18)12(19)16-20-13/h3-5H,1-2,15H2,(H,16,19). The number of benzene rings is 1. The predicted molar refractivity (Wildman–Crippen MR) is 76.9 cm³/mol. The fourth-order valence-corrected chi connectivity index (χ4v) is 3.49. The maximum Gasteiger partial charge on any atom is 0.271 e. The predicted octanol–water partition coefficient (Wildman–Crippen LogP) is 1.96. The second-order valence-electron chi connectivity index (χ2n) is 5.03. The molecule has 1 fully saturated rings. The van der Waals surface area contributed by atoms with Crippen LogP contribution in [0.2, 0.25) is 0 Å². The largest absolute Gasteiger partial charge is 0.396 e. The highest BCUT2D eigenvalue weighted by atomic mass is 32.1. The van der Waals surface area contributed by atoms with Gasteiger partial charge >= 0.3 is 0 Å². The number of nitrogens with one attached hydrogen (secondary N) is 1. The van der Waals surface area contributed by atoms with Gasteiger partial charge < -0.3 is 10.3 Å². The monoisotopic (exact) mass is 291 g/mol. The summed E-state index contributed by atoms with van der Waals surface area (Å²) in [5, 5.41) is 0.318. The first-order valence-electron chi connectivity index (χ1n) is 6.22. The average Bonchev–Trinajstić information content (AvgIpc) is 3.16. The highest BCUT2D eigenvalue weighted by Crippen LogP contribution is 2.40. The number of fused-ring (bicyclic) bond motifs is 2. The van der Waals surface area contributed by atoms with Crippen molar-refractivity contribution in [3.63, 3.8) is 0 Å². The zero-order chi connectivity index (χ0) is 14.0. The number of H-pyrrole nitrogens is 1. The van der Waals surface area contributed by atoms with Crippen LogP contribution in [0.5, 0.6) is 0 Å². The number of aromatic amines is 1. The smallest absolute Gasteiger partial charge is 0.271 e. The van der Waals surface area contributed by atoms with E-state index in [0.29, 0.717) is 10.3 Å². The number of anilines is 1. The molecule has 0 bridgehead atoms. The van der Waals surface area contributed by atoms with Gasteiger partial charge in [0.2, 0.25) is 5.43 Å². The van der Waals surface area contributed by atoms with Crippen molar-refractivity contribution in [1.82, 2.24) is 8.94 Å². The molecule has 0 atom stereocenters. The van der Waals surface area contributed by atoms with Crippen molar-refractivity contribution in [3.05, 3.63) is 38.5 Å². The second kappa shape index (κ2) is 3.69. The van der Waals surface area contributed by atoms with Crippen molar-refractivity contribution in [3.8, 4) is 0 Å². The summed E-state index contributed by atoms with van der Waals surface area (Å²) in [6.07, 6.45) is 1.97. The van der Waals surface area contributed by atoms with Crippen LogP contribution in [0.15, 0.2) is 21.7 Å². The average molecular weight is 291 g/mol. The lowest BCUT2D eigenvalue weighted by Gasteiger charge is -2.12. The van der Waals surface area contributed by atoms with Gasteiger partial charge in [-0.2, -0.15) is 0 Å². The minimum atomic E-state index is -0.636. The first-order valence-corrected chi connectivity index (χ1v) is 7.04. The molecule has 0 unspecified atom stereocenters. The van der Waals surface area contributed by atoms with Gasteiger partial charge in [-0.1, -0.05) is 0 Å². The number of nitrogens with two attached hydrogens (primary N) is 1. The minimum Gasteiger partial charge on any atom is -0.396 e. The zero-order valence-corrected chi connectivity index (χ0v) is 11.1. The van der Waals surface area contributed by atoms with Gasteiger partial charge in [0.15, 0.2) is 0 Å². The molecule has 0 aliphatic heterocycles. The number of pyridine rings is 1. The lowest BCUT2D eigenvalue weighted by Crippen LogP contribution is -2.15. The third-order valence-corrected chi connectivity index (χ3v) is 4.54. The quantitative estimate of drug-likeness (QED) is 0.672. The van der Waals surface area contributed by atoms with E-state index in [2.05, 4.69) is 4.37 Å². The van der Waals surface area contributed by atoms with Crippen LogP contribution in [0, 0.1) is 5.82 Å². The highest BCUT2D eigenvalue weighted by molar-refractivity contribution is 7.12. The van der Waals surface area contributed by atoms with E-state index >= 15 is 0 Å². The van der Waals surface area contributed by atoms with E-state index in [1.54, 1.807) is 0 Å². The van der Waals surface area contributed by atoms with Gasteiger partial charge in [-0.25, -0.2) is 4.39 Å². The summed E-state index contributed by atoms with van der Waals surface area (Å²) in [7, 11) is 0. The van der Waals surface area contributed by atoms with Crippen LogP contribution in [-0.2, 0) is 0 Å². The van der Waals surface area contributed by atoms with Gasteiger partial charge in [0, 0.05) is 11.4 Å². The molecule has 1 aliphatic rings. The molecule has 20 heavy (non-hydrogen) atoms. The fourth-order valence-electron chi connectivity index (χ4n) is 2.56. The number of halogens is 1. The molecule has 102 valence electrons. The number of rotatable bonds is 1. The zero-order valence-electron chi connectivity index (χ0n) is 10.3. The Labute approximate surface area is 115 Å². The lowest BCUT2D eigenvalue weighted by atomic mass is 10.1. The Morgan fingerprint density at radius 1 is 1.35 bits per heavy atom. The third-order valence-electron chi connectivity index (χ3n) is 3.66. The number of hydrogen-bond donors (Lipinski definition) is 2. The number of aromatic nitrogens is 2. The molecule has 2 heterocycles. The third kappa shape index (κ3) is 1.41. The van der Waals surface area contributed by atoms with Crippen LogP contribution >= 0.6 is 11.5 Å². The molecule has 0 spiro atoms. The Bertz CT molecular complexity index is 981. The van der Waals surface area contributed by atoms with Crippen LogP contribution in [0.4, 0.5) is 10.1 Å². The molecule has 7 heteroatoms. The van der Waals surface area contributed by atoms with Crippen LogP contribution in [-0.4, -0.2) is 8.94 Å². The van der Waals surface area contributed by atoms with Gasteiger partial charge in [0.25, 0.3) is 5.56 Å². The number of nitrogen functional groups attached to an aromatic ring is 1. The maximum atomic E-state index is 13.6. The normalized spacial score (nSPS) is 15.2. The molecule has 0 amide bonds. The van der Waals surface area contributed by atoms with Gasteiger partial charge in [-0.3, -0.25) is 14.0 Å². The Morgan fingerprint density at radius 2 is 2.10 bits per heavy atom. The Morgan fingerprint density at radius 3 is 2.80 bits per heavy atom. The molecule has 3 aromatic rings. The summed E-state index contributed by atoms with van der Waals surface area (Å²) in [5.41, 5.74) is 5.37. The summed E-state index contributed by atoms with van der Waals surface area (Å²) < 4.78 is 18.2. The first kappa shape index (κ1) is 11.7. The van der Waals surface area contributed by atoms with Crippen LogP contribution < -0.4 is 16.7 Å². The Hall–Kier alpha value is -2.15. The van der Waals surface area contributed by atoms with Gasteiger partial charge in [-0.15, -0.1) is 0 Å². The van der Waals surface area contributed by atoms with E-state index in [-0.39, 0.29) is 22.5 Å². The van der Waals surface area contributed by atoms with E-state index in [1.165, 1.54) is 6.07 Å². The number of hydrogen-bond acceptors (Lipinski definition) is 4. The van der Waals surface area contributed by atoms with Gasteiger partial charge in [-0.05, 0) is 36.5 Å². The van der Waals surface area contributed by atoms with Crippen molar-refractivity contribution < 1.29 is 4.39 Å². The summed E-state index contributed by atoms with van der Waals surface area (Å²) in [6.45, 7) is 0. The summed E-state index contributed by atoms with van der Waals surface area (Å²) >= 11 is 1.14. The molecule has 0 saturated heterocycles. The first-order chi connectivity index (χ1) is 9.58. The molecule has 0 radical (unpaired) electrons. The topological polar surface area (TPSA) is 80.9 Å². The molecule has 1 aliphatic carbocycles. The van der Waals surface area contributed by atoms with Crippen molar-refractivity contribution in [1.29, 1.82) is 0 Å². The molecule has 1 aromatic carbocycles. The van der Waals surface area contributed by atoms with Crippen molar-refractivity contribution in [2.45, 2.75) is 18.9 Å². The SMILES string of the molecule is Nc1cc2c(cc1F)c(=O)c1c(=O)[nH]sc1n2C1CC1. The molecule has 5 nitrogen and oxygen atoms in total. The van der Waals surface area contributed by atoms with Crippen LogP contribution in [0.1, 0.15) is 18.9 Å². The van der Waals surface area contributed by atoms with Crippen LogP contribution in [0.25, 0.3) is 21.1 Å². The second-order valence-corrected chi connectivity index (χ2v) is 5.83. The van der Waals surface area contributed by atoms with Crippen molar-refractivity contribution >= 4 is 38.3 Å². The van der Waals surface area contributed by atoms with E-state index in [1.807, 2.05) is 4.57 Å². The molecule has 1 saturated carbocycles. The molecular formula is C13H10FN3O2S. The van der Waals surface area contributed by atoms with Gasteiger partial charge in [0.1, 0.15) is 16.0 Å². The van der Waals surface area contributed by atoms with Crippen molar-refractivity contribution in [2.75, 3.05) is 5.73 Å². The summed E-state index contributed by atoms with van der Waals surface area (Å²) in [5.74, 6) is -0.636. The summed E-state index contributed by atoms with van der Waals surface area (Å²) in [4.78, 5) is 24.8. The van der Waals surface area contributed by atoms with E-state index in [0.717, 1.165) is 30.4 Å².